The van der Waals surface area contributed by atoms with Gasteiger partial charge in [0.2, 0.25) is 0 Å². The third-order valence-corrected chi connectivity index (χ3v) is 8.94. The van der Waals surface area contributed by atoms with E-state index < -0.39 is 71.2 Å². The maximum absolute atomic E-state index is 12.6. The molecule has 1 rings (SSSR count). The fraction of sp³-hybridized carbons (Fsp3) is 0.939. The summed E-state index contributed by atoms with van der Waals surface area (Å²) in [5.74, 6) is -1.98. The van der Waals surface area contributed by atoms with Gasteiger partial charge in [0.05, 0.1) is 6.61 Å². The van der Waals surface area contributed by atoms with Gasteiger partial charge in [0, 0.05) is 12.8 Å². The van der Waals surface area contributed by atoms with Crippen molar-refractivity contribution in [2.75, 3.05) is 19.0 Å². The van der Waals surface area contributed by atoms with E-state index in [0.29, 0.717) is 12.8 Å². The molecule has 1 aliphatic rings. The van der Waals surface area contributed by atoms with Gasteiger partial charge < -0.3 is 34.3 Å². The van der Waals surface area contributed by atoms with Gasteiger partial charge in [-0.25, -0.2) is 0 Å². The van der Waals surface area contributed by atoms with E-state index in [9.17, 15) is 33.3 Å². The number of unbranched alkanes of at least 4 members (excludes halogenated alkanes) is 16. The Balaban J connectivity index is 2.57. The van der Waals surface area contributed by atoms with Crippen LogP contribution in [0, 0.1) is 0 Å². The van der Waals surface area contributed by atoms with Gasteiger partial charge >= 0.3 is 11.9 Å². The Hall–Kier alpha value is -1.35. The quantitative estimate of drug-likeness (QED) is 0.0493. The second kappa shape index (κ2) is 25.6. The highest BCUT2D eigenvalue weighted by Crippen LogP contribution is 2.24. The van der Waals surface area contributed by atoms with Gasteiger partial charge in [0.1, 0.15) is 36.8 Å². The molecule has 0 amide bonds. The van der Waals surface area contributed by atoms with Crippen LogP contribution in [-0.4, -0.2) is 96.0 Å². The molecular formula is C33H62O12S. The lowest BCUT2D eigenvalue weighted by Crippen LogP contribution is -2.60. The highest BCUT2D eigenvalue weighted by atomic mass is 32.2. The van der Waals surface area contributed by atoms with Crippen LogP contribution < -0.4 is 0 Å². The molecule has 0 aliphatic carbocycles. The highest BCUT2D eigenvalue weighted by Gasteiger charge is 2.46. The standard InChI is InChI=1S/C33H62O12S/c1-3-5-7-9-11-13-14-16-17-19-21-28(34)42-23-26(44-29(35)22-20-18-15-12-10-8-6-4-2)24-43-33-32(38)31(37)30(36)27(45-33)25-46(39,40)41/h26-27,30-33,36-38H,3-25H2,1-2H3,(H,39,40,41)/t26-,27-,30-,31+,32-,33-/m1/s1. The number of hydrogen-bond donors (Lipinski definition) is 4. The number of hydrogen-bond acceptors (Lipinski definition) is 11. The van der Waals surface area contributed by atoms with Gasteiger partial charge in [-0.1, -0.05) is 117 Å². The number of rotatable bonds is 28. The van der Waals surface area contributed by atoms with E-state index >= 15 is 0 Å². The van der Waals surface area contributed by atoms with Crippen molar-refractivity contribution in [3.8, 4) is 0 Å². The van der Waals surface area contributed by atoms with Gasteiger partial charge in [-0.05, 0) is 12.8 Å². The van der Waals surface area contributed by atoms with Crippen molar-refractivity contribution in [2.45, 2.75) is 179 Å². The van der Waals surface area contributed by atoms with Gasteiger partial charge in [-0.15, -0.1) is 0 Å². The lowest BCUT2D eigenvalue weighted by atomic mass is 10.00. The molecule has 0 aromatic heterocycles. The van der Waals surface area contributed by atoms with Crippen molar-refractivity contribution in [3.05, 3.63) is 0 Å². The fourth-order valence-corrected chi connectivity index (χ4v) is 6.07. The van der Waals surface area contributed by atoms with Crippen LogP contribution in [0.1, 0.15) is 142 Å². The fourth-order valence-electron chi connectivity index (χ4n) is 5.38. The van der Waals surface area contributed by atoms with E-state index in [1.807, 2.05) is 0 Å². The molecule has 272 valence electrons. The number of aliphatic hydroxyl groups is 3. The maximum atomic E-state index is 12.6. The third-order valence-electron chi connectivity index (χ3n) is 8.19. The molecule has 0 bridgehead atoms. The Morgan fingerprint density at radius 3 is 1.59 bits per heavy atom. The summed E-state index contributed by atoms with van der Waals surface area (Å²) in [6, 6.07) is 0. The minimum Gasteiger partial charge on any atom is -0.462 e. The van der Waals surface area contributed by atoms with Crippen molar-refractivity contribution < 1.29 is 56.8 Å². The van der Waals surface area contributed by atoms with Crippen molar-refractivity contribution in [1.29, 1.82) is 0 Å². The first-order valence-corrected chi connectivity index (χ1v) is 19.2. The predicted molar refractivity (Wildman–Crippen MR) is 174 cm³/mol. The molecule has 0 unspecified atom stereocenters. The summed E-state index contributed by atoms with van der Waals surface area (Å²) in [6.07, 6.45) is 10.5. The second-order valence-electron chi connectivity index (χ2n) is 12.5. The lowest BCUT2D eigenvalue weighted by Gasteiger charge is -2.40. The van der Waals surface area contributed by atoms with Crippen molar-refractivity contribution >= 4 is 22.1 Å². The van der Waals surface area contributed by atoms with Crippen LogP contribution in [0.5, 0.6) is 0 Å². The Kier molecular flexibility index (Phi) is 23.8. The number of ether oxygens (including phenoxy) is 4. The monoisotopic (exact) mass is 682 g/mol. The van der Waals surface area contributed by atoms with Crippen molar-refractivity contribution in [1.82, 2.24) is 0 Å². The molecule has 0 saturated carbocycles. The molecule has 0 spiro atoms. The van der Waals surface area contributed by atoms with E-state index in [1.165, 1.54) is 64.2 Å². The topological polar surface area (TPSA) is 186 Å². The second-order valence-corrected chi connectivity index (χ2v) is 14.0. The molecule has 0 aromatic rings. The largest absolute Gasteiger partial charge is 0.462 e. The molecule has 4 N–H and O–H groups in total. The predicted octanol–water partition coefficient (Wildman–Crippen LogP) is 5.00. The van der Waals surface area contributed by atoms with E-state index in [0.717, 1.165) is 38.5 Å². The van der Waals surface area contributed by atoms with Crippen LogP contribution in [-0.2, 0) is 38.7 Å². The van der Waals surface area contributed by atoms with E-state index in [1.54, 1.807) is 0 Å². The summed E-state index contributed by atoms with van der Waals surface area (Å²) in [6.45, 7) is 3.66. The van der Waals surface area contributed by atoms with Crippen LogP contribution in [0.15, 0.2) is 0 Å². The van der Waals surface area contributed by atoms with E-state index in [-0.39, 0.29) is 19.4 Å². The molecule has 1 aliphatic heterocycles. The molecule has 1 saturated heterocycles. The van der Waals surface area contributed by atoms with Gasteiger partial charge in [0.15, 0.2) is 12.4 Å². The minimum atomic E-state index is -4.59. The molecule has 1 fully saturated rings. The highest BCUT2D eigenvalue weighted by molar-refractivity contribution is 7.85. The maximum Gasteiger partial charge on any atom is 0.306 e. The molecular weight excluding hydrogens is 620 g/mol. The zero-order valence-electron chi connectivity index (χ0n) is 28.2. The van der Waals surface area contributed by atoms with Crippen LogP contribution >= 0.6 is 0 Å². The normalized spacial score (nSPS) is 22.4. The number of carbonyl (C=O) groups excluding carboxylic acids is 2. The average molecular weight is 683 g/mol. The molecule has 46 heavy (non-hydrogen) atoms. The Labute approximate surface area is 276 Å². The SMILES string of the molecule is CCCCCCCCCCCCC(=O)OC[C@H](CO[C@@H]1O[C@H](CS(=O)(=O)O)[C@@H](O)[C@H](O)[C@H]1O)OC(=O)CCCCCCCCCC. The van der Waals surface area contributed by atoms with Crippen LogP contribution in [0.25, 0.3) is 0 Å². The zero-order valence-corrected chi connectivity index (χ0v) is 29.0. The molecule has 0 aromatic carbocycles. The molecule has 1 heterocycles. The van der Waals surface area contributed by atoms with Gasteiger partial charge in [-0.2, -0.15) is 8.42 Å². The summed E-state index contributed by atoms with van der Waals surface area (Å²) in [7, 11) is -4.59. The number of esters is 2. The first-order valence-electron chi connectivity index (χ1n) is 17.6. The Morgan fingerprint density at radius 1 is 0.652 bits per heavy atom. The van der Waals surface area contributed by atoms with Crippen LogP contribution in [0.2, 0.25) is 0 Å². The first-order chi connectivity index (χ1) is 22.0. The number of carbonyl (C=O) groups is 2. The van der Waals surface area contributed by atoms with E-state index in [2.05, 4.69) is 13.8 Å². The summed E-state index contributed by atoms with van der Waals surface area (Å²) >= 11 is 0. The van der Waals surface area contributed by atoms with Gasteiger partial charge in [0.25, 0.3) is 10.1 Å². The summed E-state index contributed by atoms with van der Waals surface area (Å²) in [5, 5.41) is 30.6. The van der Waals surface area contributed by atoms with Crippen molar-refractivity contribution in [2.24, 2.45) is 0 Å². The van der Waals surface area contributed by atoms with Gasteiger partial charge in [-0.3, -0.25) is 14.1 Å². The molecule has 13 heteroatoms. The first kappa shape index (κ1) is 42.7. The Bertz CT molecular complexity index is 899. The summed E-state index contributed by atoms with van der Waals surface area (Å²) < 4.78 is 53.5. The average Bonchev–Trinajstić information content (AvgIpc) is 3.00. The molecule has 0 radical (unpaired) electrons. The molecule has 12 nitrogen and oxygen atoms in total. The van der Waals surface area contributed by atoms with Crippen LogP contribution in [0.3, 0.4) is 0 Å². The summed E-state index contributed by atoms with van der Waals surface area (Å²) in [5.41, 5.74) is 0. The summed E-state index contributed by atoms with van der Waals surface area (Å²) in [4.78, 5) is 25.0. The van der Waals surface area contributed by atoms with E-state index in [4.69, 9.17) is 23.5 Å². The third kappa shape index (κ3) is 20.8. The Morgan fingerprint density at radius 2 is 1.11 bits per heavy atom. The number of aliphatic hydroxyl groups excluding tert-OH is 3. The van der Waals surface area contributed by atoms with Crippen molar-refractivity contribution in [3.63, 3.8) is 0 Å². The lowest BCUT2D eigenvalue weighted by molar-refractivity contribution is -0.297. The zero-order chi connectivity index (χ0) is 34.2. The van der Waals surface area contributed by atoms with Crippen LogP contribution in [0.4, 0.5) is 0 Å². The molecule has 6 atom stereocenters. The minimum absolute atomic E-state index is 0.169. The smallest absolute Gasteiger partial charge is 0.306 e.